The molecule has 5 rings (SSSR count). The van der Waals surface area contributed by atoms with Gasteiger partial charge >= 0.3 is 0 Å². The van der Waals surface area contributed by atoms with E-state index in [0.29, 0.717) is 11.4 Å². The van der Waals surface area contributed by atoms with Crippen molar-refractivity contribution in [2.75, 3.05) is 13.1 Å². The fourth-order valence-corrected chi connectivity index (χ4v) is 5.89. The minimum absolute atomic E-state index is 0.0446. The maximum atomic E-state index is 13.7. The number of hydrogen-bond acceptors (Lipinski definition) is 2. The summed E-state index contributed by atoms with van der Waals surface area (Å²) in [6, 6.07) is 16.9. The van der Waals surface area contributed by atoms with E-state index < -0.39 is 0 Å². The third kappa shape index (κ3) is 4.12. The lowest BCUT2D eigenvalue weighted by molar-refractivity contribution is 0.0677. The summed E-state index contributed by atoms with van der Waals surface area (Å²) in [7, 11) is 0. The predicted molar refractivity (Wildman–Crippen MR) is 137 cm³/mol. The van der Waals surface area contributed by atoms with E-state index in [-0.39, 0.29) is 16.7 Å². The number of nitriles is 1. The highest BCUT2D eigenvalue weighted by atomic mass is 35.5. The number of carbonyl (C=O) groups excluding carboxylic acids is 1. The molecular formula is C29H32ClN3O. The minimum atomic E-state index is 0.0446. The molecule has 1 saturated carbocycles. The smallest absolute Gasteiger partial charge is 0.256 e. The van der Waals surface area contributed by atoms with Crippen molar-refractivity contribution in [3.63, 3.8) is 0 Å². The second kappa shape index (κ2) is 8.78. The zero-order valence-corrected chi connectivity index (χ0v) is 20.9. The molecule has 34 heavy (non-hydrogen) atoms. The van der Waals surface area contributed by atoms with Gasteiger partial charge in [-0.05, 0) is 60.8 Å². The number of likely N-dealkylation sites (tertiary alicyclic amines) is 1. The molecule has 2 heterocycles. The average molecular weight is 474 g/mol. The normalized spacial score (nSPS) is 18.6. The fourth-order valence-electron chi connectivity index (χ4n) is 5.72. The highest BCUT2D eigenvalue weighted by molar-refractivity contribution is 6.31. The molecule has 0 unspecified atom stereocenters. The van der Waals surface area contributed by atoms with Crippen LogP contribution in [-0.4, -0.2) is 28.5 Å². The summed E-state index contributed by atoms with van der Waals surface area (Å²) in [5.74, 6) is 0.0991. The van der Waals surface area contributed by atoms with Gasteiger partial charge in [-0.15, -0.1) is 0 Å². The quantitative estimate of drug-likeness (QED) is 0.397. The monoisotopic (exact) mass is 473 g/mol. The van der Waals surface area contributed by atoms with Crippen molar-refractivity contribution in [2.45, 2.75) is 64.3 Å². The van der Waals surface area contributed by atoms with Crippen molar-refractivity contribution in [1.29, 1.82) is 5.26 Å². The number of benzene rings is 2. The van der Waals surface area contributed by atoms with Crippen molar-refractivity contribution in [2.24, 2.45) is 5.41 Å². The van der Waals surface area contributed by atoms with E-state index in [9.17, 15) is 10.1 Å². The molecule has 1 aliphatic carbocycles. The van der Waals surface area contributed by atoms with Crippen LogP contribution < -0.4 is 0 Å². The summed E-state index contributed by atoms with van der Waals surface area (Å²) >= 11 is 6.33. The highest BCUT2D eigenvalue weighted by Gasteiger charge is 2.43. The third-order valence-corrected chi connectivity index (χ3v) is 8.43. The maximum Gasteiger partial charge on any atom is 0.256 e. The summed E-state index contributed by atoms with van der Waals surface area (Å²) in [5.41, 5.74) is 4.72. The molecule has 5 heteroatoms. The van der Waals surface area contributed by atoms with Crippen molar-refractivity contribution in [1.82, 2.24) is 9.47 Å². The summed E-state index contributed by atoms with van der Waals surface area (Å²) in [5, 5.41) is 10.9. The number of fused-ring (bicyclic) bond motifs is 1. The number of aromatic nitrogens is 1. The Kier molecular flexibility index (Phi) is 5.94. The first-order valence-corrected chi connectivity index (χ1v) is 12.8. The standard InChI is InChI=1S/C29H32ClN3O/c1-3-21-6-4-5-7-25(21)28(2)13-16-32(17-14-28)27(34)24-19-33(20-29(10-11-29)12-15-31)26-18-22(30)8-9-23(24)26/h4-9,18-19H,3,10-14,16-17,20H2,1-2H3. The predicted octanol–water partition coefficient (Wildman–Crippen LogP) is 6.74. The van der Waals surface area contributed by atoms with Gasteiger partial charge in [0.25, 0.3) is 5.91 Å². The minimum Gasteiger partial charge on any atom is -0.346 e. The SMILES string of the molecule is CCc1ccccc1C1(C)CCN(C(=O)c2cn(CC3(CC#N)CC3)c3cc(Cl)ccc23)CC1. The first-order valence-electron chi connectivity index (χ1n) is 12.4. The van der Waals surface area contributed by atoms with Gasteiger partial charge in [-0.3, -0.25) is 4.79 Å². The Labute approximate surface area is 207 Å². The molecule has 1 aliphatic heterocycles. The van der Waals surface area contributed by atoms with Gasteiger partial charge in [0, 0.05) is 48.1 Å². The molecule has 2 aliphatic rings. The summed E-state index contributed by atoms with van der Waals surface area (Å²) in [4.78, 5) is 15.7. The van der Waals surface area contributed by atoms with Crippen LogP contribution in [0.2, 0.25) is 5.02 Å². The lowest BCUT2D eigenvalue weighted by Gasteiger charge is -2.40. The highest BCUT2D eigenvalue weighted by Crippen LogP contribution is 2.50. The van der Waals surface area contributed by atoms with Crippen LogP contribution in [0, 0.1) is 16.7 Å². The van der Waals surface area contributed by atoms with Crippen molar-refractivity contribution in [3.05, 3.63) is 70.4 Å². The molecule has 1 amide bonds. The number of aryl methyl sites for hydroxylation is 1. The lowest BCUT2D eigenvalue weighted by Crippen LogP contribution is -2.44. The molecule has 1 aromatic heterocycles. The van der Waals surface area contributed by atoms with Crippen LogP contribution in [0.3, 0.4) is 0 Å². The van der Waals surface area contributed by atoms with Crippen LogP contribution >= 0.6 is 11.6 Å². The van der Waals surface area contributed by atoms with E-state index in [0.717, 1.165) is 68.2 Å². The van der Waals surface area contributed by atoms with E-state index in [1.807, 2.05) is 29.3 Å². The van der Waals surface area contributed by atoms with Gasteiger partial charge in [-0.25, -0.2) is 0 Å². The van der Waals surface area contributed by atoms with E-state index in [1.54, 1.807) is 0 Å². The summed E-state index contributed by atoms with van der Waals surface area (Å²) in [6.45, 7) is 6.83. The number of amides is 1. The van der Waals surface area contributed by atoms with Crippen molar-refractivity contribution in [3.8, 4) is 6.07 Å². The van der Waals surface area contributed by atoms with Gasteiger partial charge in [0.1, 0.15) is 0 Å². The van der Waals surface area contributed by atoms with E-state index in [1.165, 1.54) is 11.1 Å². The molecule has 176 valence electrons. The van der Waals surface area contributed by atoms with Gasteiger partial charge in [-0.2, -0.15) is 5.26 Å². The van der Waals surface area contributed by atoms with Crippen LogP contribution in [0.4, 0.5) is 0 Å². The topological polar surface area (TPSA) is 49.0 Å². The molecule has 0 bridgehead atoms. The number of nitrogens with zero attached hydrogens (tertiary/aromatic N) is 3. The number of carbonyl (C=O) groups is 1. The molecule has 2 aromatic carbocycles. The Morgan fingerprint density at radius 2 is 1.85 bits per heavy atom. The Balaban J connectivity index is 1.40. The fraction of sp³-hybridized carbons (Fsp3) is 0.448. The summed E-state index contributed by atoms with van der Waals surface area (Å²) in [6.07, 6.45) is 7.64. The average Bonchev–Trinajstić information content (AvgIpc) is 3.52. The van der Waals surface area contributed by atoms with E-state index >= 15 is 0 Å². The number of hydrogen-bond donors (Lipinski definition) is 0. The second-order valence-corrected chi connectivity index (χ2v) is 11.0. The Morgan fingerprint density at radius 1 is 1.12 bits per heavy atom. The molecule has 1 saturated heterocycles. The second-order valence-electron chi connectivity index (χ2n) is 10.5. The number of halogens is 1. The van der Waals surface area contributed by atoms with Crippen molar-refractivity contribution < 1.29 is 4.79 Å². The van der Waals surface area contributed by atoms with Crippen molar-refractivity contribution >= 4 is 28.4 Å². The lowest BCUT2D eigenvalue weighted by atomic mass is 9.72. The molecular weight excluding hydrogens is 442 g/mol. The molecule has 0 atom stereocenters. The molecule has 0 radical (unpaired) electrons. The number of piperidine rings is 1. The van der Waals surface area contributed by atoms with Gasteiger partial charge in [0.05, 0.1) is 17.1 Å². The van der Waals surface area contributed by atoms with Gasteiger partial charge in [-0.1, -0.05) is 55.8 Å². The van der Waals surface area contributed by atoms with Gasteiger partial charge in [0.15, 0.2) is 0 Å². The maximum absolute atomic E-state index is 13.7. The van der Waals surface area contributed by atoms with Crippen LogP contribution in [0.15, 0.2) is 48.7 Å². The Morgan fingerprint density at radius 3 is 2.53 bits per heavy atom. The van der Waals surface area contributed by atoms with Crippen LogP contribution in [0.1, 0.15) is 67.4 Å². The molecule has 0 N–H and O–H groups in total. The zero-order valence-electron chi connectivity index (χ0n) is 20.1. The van der Waals surface area contributed by atoms with Gasteiger partial charge < -0.3 is 9.47 Å². The van der Waals surface area contributed by atoms with E-state index in [4.69, 9.17) is 11.6 Å². The largest absolute Gasteiger partial charge is 0.346 e. The van der Waals surface area contributed by atoms with Gasteiger partial charge in [0.2, 0.25) is 0 Å². The molecule has 0 spiro atoms. The zero-order chi connectivity index (χ0) is 23.9. The summed E-state index contributed by atoms with van der Waals surface area (Å²) < 4.78 is 2.16. The van der Waals surface area contributed by atoms with E-state index in [2.05, 4.69) is 48.7 Å². The third-order valence-electron chi connectivity index (χ3n) is 8.19. The number of rotatable bonds is 6. The molecule has 3 aromatic rings. The first-order chi connectivity index (χ1) is 16.4. The van der Waals surface area contributed by atoms with Crippen LogP contribution in [-0.2, 0) is 18.4 Å². The Hall–Kier alpha value is -2.77. The van der Waals surface area contributed by atoms with Crippen LogP contribution in [0.25, 0.3) is 10.9 Å². The van der Waals surface area contributed by atoms with Crippen LogP contribution in [0.5, 0.6) is 0 Å². The molecule has 2 fully saturated rings. The Bertz CT molecular complexity index is 1270. The first kappa shape index (κ1) is 23.0. The molecule has 4 nitrogen and oxygen atoms in total.